The van der Waals surface area contributed by atoms with Crippen LogP contribution >= 0.6 is 0 Å². The molecule has 0 aliphatic rings. The van der Waals surface area contributed by atoms with E-state index >= 15 is 0 Å². The molecule has 0 aliphatic carbocycles. The summed E-state index contributed by atoms with van der Waals surface area (Å²) in [5, 5.41) is 36.6. The number of aliphatic hydroxyl groups excluding tert-OH is 4. The van der Waals surface area contributed by atoms with Crippen LogP contribution in [-0.2, 0) is 0 Å². The molecule has 4 heteroatoms. The lowest BCUT2D eigenvalue weighted by molar-refractivity contribution is -0.00166. The summed E-state index contributed by atoms with van der Waals surface area (Å²) in [4.78, 5) is 0. The molecule has 0 bridgehead atoms. The summed E-state index contributed by atoms with van der Waals surface area (Å²) in [6.45, 7) is 1.90. The van der Waals surface area contributed by atoms with Crippen molar-refractivity contribution >= 4 is 0 Å². The molecule has 3 atom stereocenters. The Morgan fingerprint density at radius 3 is 2.00 bits per heavy atom. The average Bonchev–Trinajstić information content (AvgIpc) is 2.21. The molecular weight excluding hydrogens is 184 g/mol. The summed E-state index contributed by atoms with van der Waals surface area (Å²) in [7, 11) is 0. The van der Waals surface area contributed by atoms with Crippen LogP contribution in [0.2, 0.25) is 0 Å². The maximum atomic E-state index is 9.45. The van der Waals surface area contributed by atoms with Crippen LogP contribution in [-0.4, -0.2) is 45.3 Å². The van der Waals surface area contributed by atoms with Crippen molar-refractivity contribution in [3.05, 3.63) is 0 Å². The van der Waals surface area contributed by atoms with E-state index in [2.05, 4.69) is 0 Å². The molecular formula is C10H22O4. The van der Waals surface area contributed by atoms with E-state index in [1.807, 2.05) is 6.92 Å². The van der Waals surface area contributed by atoms with Gasteiger partial charge in [0, 0.05) is 6.61 Å². The number of aliphatic hydroxyl groups is 4. The molecule has 0 aromatic rings. The zero-order chi connectivity index (χ0) is 11.0. The fourth-order valence-electron chi connectivity index (χ4n) is 1.25. The van der Waals surface area contributed by atoms with E-state index in [9.17, 15) is 15.3 Å². The van der Waals surface area contributed by atoms with Crippen molar-refractivity contribution in [1.29, 1.82) is 0 Å². The lowest BCUT2D eigenvalue weighted by atomic mass is 10.0. The Morgan fingerprint density at radius 2 is 1.50 bits per heavy atom. The summed E-state index contributed by atoms with van der Waals surface area (Å²) in [6, 6.07) is 0. The summed E-state index contributed by atoms with van der Waals surface area (Å²) in [5.74, 6) is 0. The Kier molecular flexibility index (Phi) is 8.08. The van der Waals surface area contributed by atoms with Gasteiger partial charge in [0.25, 0.3) is 0 Å². The first-order chi connectivity index (χ1) is 6.61. The van der Waals surface area contributed by atoms with Gasteiger partial charge in [0.2, 0.25) is 0 Å². The van der Waals surface area contributed by atoms with E-state index in [1.165, 1.54) is 0 Å². The Labute approximate surface area is 85.2 Å². The van der Waals surface area contributed by atoms with E-state index < -0.39 is 18.3 Å². The minimum Gasteiger partial charge on any atom is -0.396 e. The molecule has 4 nitrogen and oxygen atoms in total. The third kappa shape index (κ3) is 6.32. The van der Waals surface area contributed by atoms with Crippen LogP contribution in [0, 0.1) is 0 Å². The molecule has 0 heterocycles. The van der Waals surface area contributed by atoms with Crippen LogP contribution in [0.25, 0.3) is 0 Å². The van der Waals surface area contributed by atoms with E-state index in [4.69, 9.17) is 5.11 Å². The molecule has 0 aromatic carbocycles. The van der Waals surface area contributed by atoms with Gasteiger partial charge >= 0.3 is 0 Å². The van der Waals surface area contributed by atoms with Crippen LogP contribution in [0.1, 0.15) is 39.0 Å². The molecule has 86 valence electrons. The highest BCUT2D eigenvalue weighted by Crippen LogP contribution is 2.10. The molecule has 0 spiro atoms. The van der Waals surface area contributed by atoms with Gasteiger partial charge in [-0.05, 0) is 32.1 Å². The fraction of sp³-hybridized carbons (Fsp3) is 1.00. The quantitative estimate of drug-likeness (QED) is 0.452. The topological polar surface area (TPSA) is 80.9 Å². The molecule has 0 amide bonds. The Morgan fingerprint density at radius 1 is 0.929 bits per heavy atom. The van der Waals surface area contributed by atoms with Crippen LogP contribution in [0.4, 0.5) is 0 Å². The zero-order valence-electron chi connectivity index (χ0n) is 8.76. The molecule has 0 fully saturated rings. The van der Waals surface area contributed by atoms with Crippen molar-refractivity contribution in [2.45, 2.75) is 57.3 Å². The maximum absolute atomic E-state index is 9.45. The Hall–Kier alpha value is -0.160. The molecule has 0 aromatic heterocycles. The van der Waals surface area contributed by atoms with Crippen LogP contribution < -0.4 is 0 Å². The predicted octanol–water partition coefficient (Wildman–Crippen LogP) is 0.0318. The lowest BCUT2D eigenvalue weighted by Crippen LogP contribution is -2.27. The summed E-state index contributed by atoms with van der Waals surface area (Å²) in [6.07, 6.45) is 0.507. The third-order valence-electron chi connectivity index (χ3n) is 2.37. The Balaban J connectivity index is 3.55. The summed E-state index contributed by atoms with van der Waals surface area (Å²) >= 11 is 0. The predicted molar refractivity (Wildman–Crippen MR) is 53.9 cm³/mol. The van der Waals surface area contributed by atoms with E-state index in [0.717, 1.165) is 0 Å². The third-order valence-corrected chi connectivity index (χ3v) is 2.37. The zero-order valence-corrected chi connectivity index (χ0v) is 8.76. The summed E-state index contributed by atoms with van der Waals surface area (Å²) in [5.41, 5.74) is 0. The maximum Gasteiger partial charge on any atom is 0.0800 e. The van der Waals surface area contributed by atoms with Gasteiger partial charge in [-0.1, -0.05) is 6.92 Å². The van der Waals surface area contributed by atoms with Crippen LogP contribution in [0.3, 0.4) is 0 Å². The number of hydrogen-bond donors (Lipinski definition) is 4. The first-order valence-electron chi connectivity index (χ1n) is 5.26. The first-order valence-corrected chi connectivity index (χ1v) is 5.26. The lowest BCUT2D eigenvalue weighted by Gasteiger charge is -2.18. The highest BCUT2D eigenvalue weighted by Gasteiger charge is 2.16. The standard InChI is InChI=1S/C10H22O4/c1-2-8(12)5-6-10(14)9(13)4-3-7-11/h8-14H,2-7H2,1H3. The fourth-order valence-corrected chi connectivity index (χ4v) is 1.25. The minimum atomic E-state index is -0.789. The monoisotopic (exact) mass is 206 g/mol. The molecule has 0 radical (unpaired) electrons. The van der Waals surface area contributed by atoms with E-state index in [1.54, 1.807) is 0 Å². The second kappa shape index (κ2) is 8.17. The van der Waals surface area contributed by atoms with Crippen molar-refractivity contribution in [2.24, 2.45) is 0 Å². The Bertz CT molecular complexity index is 129. The number of rotatable bonds is 8. The molecule has 0 saturated carbocycles. The van der Waals surface area contributed by atoms with Crippen molar-refractivity contribution in [3.8, 4) is 0 Å². The summed E-state index contributed by atoms with van der Waals surface area (Å²) < 4.78 is 0. The SMILES string of the molecule is CCC(O)CCC(O)C(O)CCCO. The first kappa shape index (κ1) is 13.8. The van der Waals surface area contributed by atoms with Crippen molar-refractivity contribution in [3.63, 3.8) is 0 Å². The highest BCUT2D eigenvalue weighted by atomic mass is 16.3. The molecule has 3 unspecified atom stereocenters. The molecule has 0 saturated heterocycles. The van der Waals surface area contributed by atoms with Gasteiger partial charge in [0.15, 0.2) is 0 Å². The van der Waals surface area contributed by atoms with Gasteiger partial charge in [-0.25, -0.2) is 0 Å². The van der Waals surface area contributed by atoms with Gasteiger partial charge < -0.3 is 20.4 Å². The molecule has 0 aliphatic heterocycles. The van der Waals surface area contributed by atoms with Crippen LogP contribution in [0.15, 0.2) is 0 Å². The van der Waals surface area contributed by atoms with Gasteiger partial charge in [0.05, 0.1) is 18.3 Å². The molecule has 0 rings (SSSR count). The normalized spacial score (nSPS) is 17.8. The van der Waals surface area contributed by atoms with Gasteiger partial charge in [-0.2, -0.15) is 0 Å². The largest absolute Gasteiger partial charge is 0.396 e. The number of hydrogen-bond acceptors (Lipinski definition) is 4. The van der Waals surface area contributed by atoms with Crippen molar-refractivity contribution < 1.29 is 20.4 Å². The smallest absolute Gasteiger partial charge is 0.0800 e. The van der Waals surface area contributed by atoms with E-state index in [-0.39, 0.29) is 6.61 Å². The average molecular weight is 206 g/mol. The second-order valence-corrected chi connectivity index (χ2v) is 3.64. The van der Waals surface area contributed by atoms with Crippen LogP contribution in [0.5, 0.6) is 0 Å². The molecule has 4 N–H and O–H groups in total. The van der Waals surface area contributed by atoms with Crippen molar-refractivity contribution in [1.82, 2.24) is 0 Å². The molecule has 14 heavy (non-hydrogen) atoms. The van der Waals surface area contributed by atoms with Gasteiger partial charge in [-0.3, -0.25) is 0 Å². The van der Waals surface area contributed by atoms with Crippen molar-refractivity contribution in [2.75, 3.05) is 6.61 Å². The second-order valence-electron chi connectivity index (χ2n) is 3.64. The highest BCUT2D eigenvalue weighted by molar-refractivity contribution is 4.68. The van der Waals surface area contributed by atoms with Gasteiger partial charge in [-0.15, -0.1) is 0 Å². The van der Waals surface area contributed by atoms with Gasteiger partial charge in [0.1, 0.15) is 0 Å². The van der Waals surface area contributed by atoms with E-state index in [0.29, 0.717) is 32.1 Å². The minimum absolute atomic E-state index is 0.0291.